The average molecular weight is 316 g/mol. The van der Waals surface area contributed by atoms with E-state index in [1.807, 2.05) is 36.1 Å². The van der Waals surface area contributed by atoms with Crippen LogP contribution in [0.1, 0.15) is 24.8 Å². The molecule has 0 atom stereocenters. The molecule has 1 aromatic carbocycles. The molecule has 5 nitrogen and oxygen atoms in total. The van der Waals surface area contributed by atoms with Crippen LogP contribution in [0.3, 0.4) is 0 Å². The van der Waals surface area contributed by atoms with Gasteiger partial charge in [-0.2, -0.15) is 0 Å². The lowest BCUT2D eigenvalue weighted by atomic mass is 9.84. The van der Waals surface area contributed by atoms with Crippen LogP contribution in [0.15, 0.2) is 24.3 Å². The Balaban J connectivity index is 1.43. The monoisotopic (exact) mass is 316 g/mol. The molecule has 2 aliphatic rings. The van der Waals surface area contributed by atoms with E-state index in [4.69, 9.17) is 4.74 Å². The van der Waals surface area contributed by atoms with Crippen LogP contribution in [0.4, 0.5) is 0 Å². The first kappa shape index (κ1) is 15.8. The third-order valence-corrected chi connectivity index (χ3v) is 4.75. The van der Waals surface area contributed by atoms with Crippen LogP contribution in [-0.2, 0) is 9.59 Å². The fourth-order valence-electron chi connectivity index (χ4n) is 3.03. The van der Waals surface area contributed by atoms with E-state index < -0.39 is 0 Å². The second-order valence-corrected chi connectivity index (χ2v) is 6.44. The first-order valence-electron chi connectivity index (χ1n) is 8.39. The van der Waals surface area contributed by atoms with Gasteiger partial charge < -0.3 is 14.5 Å². The number of amides is 2. The van der Waals surface area contributed by atoms with Gasteiger partial charge in [-0.3, -0.25) is 9.59 Å². The topological polar surface area (TPSA) is 49.9 Å². The van der Waals surface area contributed by atoms with Crippen LogP contribution in [-0.4, -0.2) is 54.4 Å². The van der Waals surface area contributed by atoms with Crippen molar-refractivity contribution >= 4 is 11.8 Å². The summed E-state index contributed by atoms with van der Waals surface area (Å²) in [7, 11) is 0. The zero-order chi connectivity index (χ0) is 16.2. The number of rotatable bonds is 4. The van der Waals surface area contributed by atoms with Crippen LogP contribution in [0.5, 0.6) is 5.75 Å². The Morgan fingerprint density at radius 1 is 1.13 bits per heavy atom. The van der Waals surface area contributed by atoms with Gasteiger partial charge >= 0.3 is 0 Å². The van der Waals surface area contributed by atoms with Crippen LogP contribution in [0.25, 0.3) is 0 Å². The molecule has 0 spiro atoms. The number of hydrogen-bond acceptors (Lipinski definition) is 3. The molecule has 23 heavy (non-hydrogen) atoms. The minimum absolute atomic E-state index is 0.0118. The Labute approximate surface area is 137 Å². The molecule has 1 saturated heterocycles. The molecule has 124 valence electrons. The van der Waals surface area contributed by atoms with Gasteiger partial charge in [0, 0.05) is 32.1 Å². The summed E-state index contributed by atoms with van der Waals surface area (Å²) in [6, 6.07) is 7.69. The molecular formula is C18H24N2O3. The first-order chi connectivity index (χ1) is 11.1. The molecule has 0 unspecified atom stereocenters. The van der Waals surface area contributed by atoms with Crippen LogP contribution < -0.4 is 4.74 Å². The van der Waals surface area contributed by atoms with E-state index in [1.165, 1.54) is 6.42 Å². The van der Waals surface area contributed by atoms with Crippen molar-refractivity contribution in [2.75, 3.05) is 32.8 Å². The Kier molecular flexibility index (Phi) is 4.84. The number of benzene rings is 1. The number of aryl methyl sites for hydroxylation is 1. The van der Waals surface area contributed by atoms with Gasteiger partial charge in [0.15, 0.2) is 6.61 Å². The van der Waals surface area contributed by atoms with Crippen molar-refractivity contribution in [1.82, 2.24) is 9.80 Å². The van der Waals surface area contributed by atoms with E-state index in [0.717, 1.165) is 24.2 Å². The standard InChI is InChI=1S/C18H24N2O3/c1-14-4-2-7-16(12-14)23-13-17(21)19-8-10-20(11-9-19)18(22)15-5-3-6-15/h2,4,7,12,15H,3,5-6,8-11,13H2,1H3. The maximum absolute atomic E-state index is 12.2. The lowest BCUT2D eigenvalue weighted by Crippen LogP contribution is -2.53. The number of carbonyl (C=O) groups is 2. The maximum Gasteiger partial charge on any atom is 0.260 e. The molecule has 1 aromatic rings. The Morgan fingerprint density at radius 3 is 2.43 bits per heavy atom. The van der Waals surface area contributed by atoms with Crippen LogP contribution in [0, 0.1) is 12.8 Å². The third kappa shape index (κ3) is 3.84. The van der Waals surface area contributed by atoms with Crippen LogP contribution in [0.2, 0.25) is 0 Å². The summed E-state index contributed by atoms with van der Waals surface area (Å²) in [5.41, 5.74) is 1.11. The molecule has 1 aliphatic heterocycles. The molecular weight excluding hydrogens is 292 g/mol. The van der Waals surface area contributed by atoms with E-state index in [0.29, 0.717) is 26.2 Å². The molecule has 0 radical (unpaired) electrons. The molecule has 2 amide bonds. The largest absolute Gasteiger partial charge is 0.484 e. The summed E-state index contributed by atoms with van der Waals surface area (Å²) in [4.78, 5) is 28.1. The van der Waals surface area contributed by atoms with E-state index in [9.17, 15) is 9.59 Å². The van der Waals surface area contributed by atoms with Crippen molar-refractivity contribution < 1.29 is 14.3 Å². The van der Waals surface area contributed by atoms with E-state index in [-0.39, 0.29) is 24.3 Å². The Morgan fingerprint density at radius 2 is 1.83 bits per heavy atom. The summed E-state index contributed by atoms with van der Waals surface area (Å²) in [5, 5.41) is 0. The van der Waals surface area contributed by atoms with Gasteiger partial charge in [0.25, 0.3) is 5.91 Å². The summed E-state index contributed by atoms with van der Waals surface area (Å²) in [6.07, 6.45) is 3.23. The molecule has 1 aliphatic carbocycles. The van der Waals surface area contributed by atoms with Gasteiger partial charge in [0.1, 0.15) is 5.75 Å². The Hall–Kier alpha value is -2.04. The molecule has 3 rings (SSSR count). The summed E-state index contributed by atoms with van der Waals surface area (Å²) in [5.74, 6) is 1.22. The second-order valence-electron chi connectivity index (χ2n) is 6.44. The number of carbonyl (C=O) groups excluding carboxylic acids is 2. The van der Waals surface area contributed by atoms with Crippen molar-refractivity contribution in [3.8, 4) is 5.75 Å². The molecule has 1 saturated carbocycles. The quantitative estimate of drug-likeness (QED) is 0.852. The highest BCUT2D eigenvalue weighted by atomic mass is 16.5. The maximum atomic E-state index is 12.2. The number of hydrogen-bond donors (Lipinski definition) is 0. The smallest absolute Gasteiger partial charge is 0.260 e. The summed E-state index contributed by atoms with van der Waals surface area (Å²) in [6.45, 7) is 4.55. The van der Waals surface area contributed by atoms with Crippen molar-refractivity contribution in [3.63, 3.8) is 0 Å². The first-order valence-corrected chi connectivity index (χ1v) is 8.39. The molecule has 0 aromatic heterocycles. The predicted molar refractivity (Wildman–Crippen MR) is 87.2 cm³/mol. The fraction of sp³-hybridized carbons (Fsp3) is 0.556. The lowest BCUT2D eigenvalue weighted by molar-refractivity contribution is -0.144. The average Bonchev–Trinajstić information content (AvgIpc) is 2.51. The van der Waals surface area contributed by atoms with Gasteiger partial charge in [0.2, 0.25) is 5.91 Å². The van der Waals surface area contributed by atoms with Crippen molar-refractivity contribution in [2.45, 2.75) is 26.2 Å². The highest BCUT2D eigenvalue weighted by Gasteiger charge is 2.31. The van der Waals surface area contributed by atoms with Gasteiger partial charge in [-0.15, -0.1) is 0 Å². The SMILES string of the molecule is Cc1cccc(OCC(=O)N2CCN(C(=O)C3CCC3)CC2)c1. The van der Waals surface area contributed by atoms with Crippen molar-refractivity contribution in [3.05, 3.63) is 29.8 Å². The normalized spacial score (nSPS) is 18.5. The summed E-state index contributed by atoms with van der Waals surface area (Å²) >= 11 is 0. The second kappa shape index (κ2) is 7.02. The molecule has 1 heterocycles. The minimum Gasteiger partial charge on any atom is -0.484 e. The van der Waals surface area contributed by atoms with E-state index in [2.05, 4.69) is 0 Å². The lowest BCUT2D eigenvalue weighted by Gasteiger charge is -2.38. The highest BCUT2D eigenvalue weighted by molar-refractivity contribution is 5.81. The zero-order valence-electron chi connectivity index (χ0n) is 13.7. The van der Waals surface area contributed by atoms with Crippen molar-refractivity contribution in [2.24, 2.45) is 5.92 Å². The molecule has 0 N–H and O–H groups in total. The zero-order valence-corrected chi connectivity index (χ0v) is 13.7. The molecule has 2 fully saturated rings. The van der Waals surface area contributed by atoms with Gasteiger partial charge in [-0.05, 0) is 37.5 Å². The number of nitrogens with zero attached hydrogens (tertiary/aromatic N) is 2. The highest BCUT2D eigenvalue weighted by Crippen LogP contribution is 2.28. The Bertz CT molecular complexity index is 575. The molecule has 0 bridgehead atoms. The van der Waals surface area contributed by atoms with E-state index in [1.54, 1.807) is 4.90 Å². The fourth-order valence-corrected chi connectivity index (χ4v) is 3.03. The third-order valence-electron chi connectivity index (χ3n) is 4.75. The molecule has 5 heteroatoms. The van der Waals surface area contributed by atoms with Gasteiger partial charge in [0.05, 0.1) is 0 Å². The minimum atomic E-state index is -0.0118. The number of ether oxygens (including phenoxy) is 1. The van der Waals surface area contributed by atoms with Gasteiger partial charge in [-0.25, -0.2) is 0 Å². The van der Waals surface area contributed by atoms with Crippen molar-refractivity contribution in [1.29, 1.82) is 0 Å². The van der Waals surface area contributed by atoms with Crippen LogP contribution >= 0.6 is 0 Å². The van der Waals surface area contributed by atoms with Gasteiger partial charge in [-0.1, -0.05) is 18.6 Å². The van der Waals surface area contributed by atoms with E-state index >= 15 is 0 Å². The summed E-state index contributed by atoms with van der Waals surface area (Å²) < 4.78 is 5.57. The predicted octanol–water partition coefficient (Wildman–Crippen LogP) is 1.84. The number of piperazine rings is 1.